The maximum absolute atomic E-state index is 13.6. The number of allylic oxidation sites excluding steroid dienone is 1. The largest absolute Gasteiger partial charge is 0.351 e. The van der Waals surface area contributed by atoms with E-state index in [-0.39, 0.29) is 5.91 Å². The standard InChI is InChI=1S/C30H30N6O/c37-29(31-15-16-35-17-19-36(20-18-35)30-32-13-6-14-33-30)27-24-9-4-5-10-26(24)34-28-23(11-12-25(27)28)21-22-7-2-1-3-8-22/h1-10,13-14,21H,11-12,15-20H2,(H,31,37). The maximum atomic E-state index is 13.6. The number of nitrogens with one attached hydrogen (secondary N) is 1. The van der Waals surface area contributed by atoms with Crippen LogP contribution in [0.5, 0.6) is 0 Å². The minimum absolute atomic E-state index is 0.00728. The van der Waals surface area contributed by atoms with Crippen molar-refractivity contribution in [2.75, 3.05) is 44.2 Å². The van der Waals surface area contributed by atoms with Crippen molar-refractivity contribution in [3.05, 3.63) is 95.4 Å². The van der Waals surface area contributed by atoms with Gasteiger partial charge in [-0.25, -0.2) is 15.0 Å². The molecule has 0 radical (unpaired) electrons. The summed E-state index contributed by atoms with van der Waals surface area (Å²) in [6.07, 6.45) is 7.49. The van der Waals surface area contributed by atoms with Crippen LogP contribution >= 0.6 is 0 Å². The van der Waals surface area contributed by atoms with Crippen LogP contribution in [0.3, 0.4) is 0 Å². The molecule has 0 bridgehead atoms. The Morgan fingerprint density at radius 2 is 1.65 bits per heavy atom. The predicted molar refractivity (Wildman–Crippen MR) is 147 cm³/mol. The summed E-state index contributed by atoms with van der Waals surface area (Å²) < 4.78 is 0. The molecule has 186 valence electrons. The van der Waals surface area contributed by atoms with E-state index in [0.29, 0.717) is 6.54 Å². The molecule has 0 saturated carbocycles. The number of piperazine rings is 1. The third-order valence-corrected chi connectivity index (χ3v) is 7.23. The van der Waals surface area contributed by atoms with Crippen LogP contribution in [-0.4, -0.2) is 65.0 Å². The lowest BCUT2D eigenvalue weighted by atomic mass is 10.00. The first-order chi connectivity index (χ1) is 18.3. The van der Waals surface area contributed by atoms with Crippen molar-refractivity contribution in [1.82, 2.24) is 25.2 Å². The predicted octanol–water partition coefficient (Wildman–Crippen LogP) is 4.06. The normalized spacial score (nSPS) is 16.8. The summed E-state index contributed by atoms with van der Waals surface area (Å²) in [5.74, 6) is 0.779. The molecule has 37 heavy (non-hydrogen) atoms. The van der Waals surface area contributed by atoms with E-state index in [0.717, 1.165) is 84.8 Å². The molecule has 1 N–H and O–H groups in total. The molecule has 0 atom stereocenters. The zero-order chi connectivity index (χ0) is 25.0. The third-order valence-electron chi connectivity index (χ3n) is 7.23. The molecule has 7 heteroatoms. The van der Waals surface area contributed by atoms with Crippen LogP contribution in [0.15, 0.2) is 73.1 Å². The van der Waals surface area contributed by atoms with Gasteiger partial charge in [0, 0.05) is 57.0 Å². The summed E-state index contributed by atoms with van der Waals surface area (Å²) >= 11 is 0. The van der Waals surface area contributed by atoms with Crippen LogP contribution in [0.1, 0.15) is 33.6 Å². The fourth-order valence-electron chi connectivity index (χ4n) is 5.33. The second kappa shape index (κ2) is 10.5. The van der Waals surface area contributed by atoms with Gasteiger partial charge in [-0.2, -0.15) is 0 Å². The quantitative estimate of drug-likeness (QED) is 0.439. The second-order valence-electron chi connectivity index (χ2n) is 9.54. The molecule has 1 amide bonds. The Morgan fingerprint density at radius 1 is 0.892 bits per heavy atom. The number of amides is 1. The van der Waals surface area contributed by atoms with Crippen molar-refractivity contribution in [2.24, 2.45) is 0 Å². The van der Waals surface area contributed by atoms with Gasteiger partial charge in [-0.1, -0.05) is 48.5 Å². The van der Waals surface area contributed by atoms with E-state index in [2.05, 4.69) is 43.3 Å². The highest BCUT2D eigenvalue weighted by atomic mass is 16.1. The van der Waals surface area contributed by atoms with Crippen molar-refractivity contribution in [1.29, 1.82) is 0 Å². The average Bonchev–Trinajstić information content (AvgIpc) is 3.34. The number of anilines is 1. The number of nitrogens with zero attached hydrogens (tertiary/aromatic N) is 5. The number of rotatable bonds is 6. The van der Waals surface area contributed by atoms with Crippen LogP contribution in [0, 0.1) is 0 Å². The molecule has 3 heterocycles. The van der Waals surface area contributed by atoms with Gasteiger partial charge >= 0.3 is 0 Å². The molecule has 2 aromatic carbocycles. The SMILES string of the molecule is O=C(NCCN1CCN(c2ncccn2)CC1)c1c2c(nc3ccccc13)C(=Cc1ccccc1)CC2. The summed E-state index contributed by atoms with van der Waals surface area (Å²) in [7, 11) is 0. The van der Waals surface area contributed by atoms with Gasteiger partial charge in [-0.15, -0.1) is 0 Å². The van der Waals surface area contributed by atoms with E-state index in [1.807, 2.05) is 48.5 Å². The highest BCUT2D eigenvalue weighted by Crippen LogP contribution is 2.37. The number of para-hydroxylation sites is 1. The molecular formula is C30H30N6O. The van der Waals surface area contributed by atoms with Crippen molar-refractivity contribution >= 4 is 34.4 Å². The second-order valence-corrected chi connectivity index (χ2v) is 9.54. The molecular weight excluding hydrogens is 460 g/mol. The Morgan fingerprint density at radius 3 is 2.46 bits per heavy atom. The summed E-state index contributed by atoms with van der Waals surface area (Å²) in [4.78, 5) is 31.9. The summed E-state index contributed by atoms with van der Waals surface area (Å²) in [5.41, 5.74) is 6.03. The van der Waals surface area contributed by atoms with Crippen LogP contribution in [0.4, 0.5) is 5.95 Å². The fraction of sp³-hybridized carbons (Fsp3) is 0.267. The van der Waals surface area contributed by atoms with Gasteiger partial charge in [0.25, 0.3) is 5.91 Å². The summed E-state index contributed by atoms with van der Waals surface area (Å²) in [6.45, 7) is 5.05. The molecule has 6 rings (SSSR count). The minimum atomic E-state index is -0.00728. The lowest BCUT2D eigenvalue weighted by Crippen LogP contribution is -2.49. The van der Waals surface area contributed by atoms with E-state index < -0.39 is 0 Å². The highest BCUT2D eigenvalue weighted by molar-refractivity contribution is 6.09. The van der Waals surface area contributed by atoms with Crippen molar-refractivity contribution in [3.8, 4) is 0 Å². The first kappa shape index (κ1) is 23.3. The molecule has 2 aliphatic rings. The third kappa shape index (κ3) is 4.95. The molecule has 1 saturated heterocycles. The number of carbonyl (C=O) groups excluding carboxylic acids is 1. The van der Waals surface area contributed by atoms with E-state index in [1.165, 1.54) is 5.57 Å². The Bertz CT molecular complexity index is 1430. The summed E-state index contributed by atoms with van der Waals surface area (Å²) in [6, 6.07) is 20.1. The van der Waals surface area contributed by atoms with Gasteiger partial charge in [0.15, 0.2) is 0 Å². The molecule has 1 aliphatic heterocycles. The van der Waals surface area contributed by atoms with Gasteiger partial charge in [0.05, 0.1) is 16.8 Å². The van der Waals surface area contributed by atoms with Gasteiger partial charge in [0.1, 0.15) is 0 Å². The Hall–Kier alpha value is -4.10. The Kier molecular flexibility index (Phi) is 6.60. The van der Waals surface area contributed by atoms with Crippen LogP contribution in [0.2, 0.25) is 0 Å². The summed E-state index contributed by atoms with van der Waals surface area (Å²) in [5, 5.41) is 4.14. The monoisotopic (exact) mass is 490 g/mol. The van der Waals surface area contributed by atoms with E-state index >= 15 is 0 Å². The average molecular weight is 491 g/mol. The highest BCUT2D eigenvalue weighted by Gasteiger charge is 2.27. The van der Waals surface area contributed by atoms with E-state index in [9.17, 15) is 4.79 Å². The number of carbonyl (C=O) groups is 1. The number of benzene rings is 2. The molecule has 7 nitrogen and oxygen atoms in total. The molecule has 1 aliphatic carbocycles. The van der Waals surface area contributed by atoms with Gasteiger partial charge in [0.2, 0.25) is 5.95 Å². The molecule has 1 fully saturated rings. The van der Waals surface area contributed by atoms with E-state index in [4.69, 9.17) is 4.98 Å². The van der Waals surface area contributed by atoms with E-state index in [1.54, 1.807) is 12.4 Å². The van der Waals surface area contributed by atoms with Gasteiger partial charge < -0.3 is 10.2 Å². The number of pyridine rings is 1. The smallest absolute Gasteiger partial charge is 0.252 e. The van der Waals surface area contributed by atoms with Crippen LogP contribution in [-0.2, 0) is 6.42 Å². The van der Waals surface area contributed by atoms with Gasteiger partial charge in [-0.05, 0) is 47.8 Å². The molecule has 0 spiro atoms. The lowest BCUT2D eigenvalue weighted by molar-refractivity contribution is 0.0948. The number of aromatic nitrogens is 3. The van der Waals surface area contributed by atoms with Crippen LogP contribution in [0.25, 0.3) is 22.6 Å². The Labute approximate surface area is 216 Å². The zero-order valence-corrected chi connectivity index (χ0v) is 20.8. The minimum Gasteiger partial charge on any atom is -0.351 e. The molecule has 4 aromatic rings. The fourth-order valence-corrected chi connectivity index (χ4v) is 5.33. The number of hydrogen-bond donors (Lipinski definition) is 1. The molecule has 2 aromatic heterocycles. The maximum Gasteiger partial charge on any atom is 0.252 e. The van der Waals surface area contributed by atoms with Crippen LogP contribution < -0.4 is 10.2 Å². The molecule has 0 unspecified atom stereocenters. The number of hydrogen-bond acceptors (Lipinski definition) is 6. The van der Waals surface area contributed by atoms with Crippen molar-refractivity contribution in [3.63, 3.8) is 0 Å². The van der Waals surface area contributed by atoms with Crippen molar-refractivity contribution < 1.29 is 4.79 Å². The van der Waals surface area contributed by atoms with Gasteiger partial charge in [-0.3, -0.25) is 9.69 Å². The first-order valence-corrected chi connectivity index (χ1v) is 13.0. The zero-order valence-electron chi connectivity index (χ0n) is 20.8. The lowest BCUT2D eigenvalue weighted by Gasteiger charge is -2.34. The van der Waals surface area contributed by atoms with Crippen molar-refractivity contribution in [2.45, 2.75) is 12.8 Å². The Balaban J connectivity index is 1.16. The topological polar surface area (TPSA) is 74.2 Å². The first-order valence-electron chi connectivity index (χ1n) is 13.0. The number of fused-ring (bicyclic) bond motifs is 2.